The normalized spacial score (nSPS) is 11.2. The third kappa shape index (κ3) is 4.66. The Morgan fingerprint density at radius 3 is 2.29 bits per heavy atom. The van der Waals surface area contributed by atoms with E-state index in [2.05, 4.69) is 14.8 Å². The number of halogens is 2. The maximum Gasteiger partial charge on any atom is 0.387 e. The van der Waals surface area contributed by atoms with E-state index in [0.717, 1.165) is 0 Å². The highest BCUT2D eigenvalue weighted by Crippen LogP contribution is 2.28. The number of anilines is 2. The zero-order valence-corrected chi connectivity index (χ0v) is 13.3. The van der Waals surface area contributed by atoms with Gasteiger partial charge in [0.15, 0.2) is 0 Å². The summed E-state index contributed by atoms with van der Waals surface area (Å²) in [5.74, 6) is -0.576. The molecule has 0 aliphatic carbocycles. The van der Waals surface area contributed by atoms with Crippen LogP contribution in [0.25, 0.3) is 0 Å². The lowest BCUT2D eigenvalue weighted by Crippen LogP contribution is -2.15. The van der Waals surface area contributed by atoms with Gasteiger partial charge in [-0.25, -0.2) is 8.42 Å². The van der Waals surface area contributed by atoms with E-state index < -0.39 is 16.6 Å². The van der Waals surface area contributed by atoms with Crippen molar-refractivity contribution in [1.82, 2.24) is 0 Å². The van der Waals surface area contributed by atoms with E-state index in [4.69, 9.17) is 0 Å². The van der Waals surface area contributed by atoms with Crippen molar-refractivity contribution in [2.24, 2.45) is 0 Å². The van der Waals surface area contributed by atoms with Crippen LogP contribution in [-0.2, 0) is 14.8 Å². The molecule has 0 aliphatic heterocycles. The number of nitrogens with one attached hydrogen (secondary N) is 2. The third-order valence-corrected chi connectivity index (χ3v) is 4.21. The number of amides is 1. The fraction of sp³-hybridized carbons (Fsp3) is 0.133. The molecule has 2 aromatic rings. The third-order valence-electron chi connectivity index (χ3n) is 2.83. The molecule has 0 spiro atoms. The lowest BCUT2D eigenvalue weighted by molar-refractivity contribution is -0.114. The summed E-state index contributed by atoms with van der Waals surface area (Å²) in [6, 6.07) is 10.8. The number of carbonyl (C=O) groups excluding carboxylic acids is 1. The Labute approximate surface area is 137 Å². The van der Waals surface area contributed by atoms with Gasteiger partial charge in [-0.2, -0.15) is 8.78 Å². The number of para-hydroxylation sites is 2. The van der Waals surface area contributed by atoms with Crippen LogP contribution >= 0.6 is 0 Å². The van der Waals surface area contributed by atoms with Crippen molar-refractivity contribution >= 4 is 27.3 Å². The van der Waals surface area contributed by atoms with Crippen LogP contribution < -0.4 is 14.8 Å². The van der Waals surface area contributed by atoms with Gasteiger partial charge >= 0.3 is 6.61 Å². The number of alkyl halides is 2. The van der Waals surface area contributed by atoms with Gasteiger partial charge in [-0.1, -0.05) is 12.1 Å². The first-order chi connectivity index (χ1) is 11.3. The van der Waals surface area contributed by atoms with Gasteiger partial charge in [-0.15, -0.1) is 0 Å². The number of hydrogen-bond donors (Lipinski definition) is 2. The van der Waals surface area contributed by atoms with E-state index in [0.29, 0.717) is 5.69 Å². The van der Waals surface area contributed by atoms with Gasteiger partial charge in [0.05, 0.1) is 10.6 Å². The molecule has 0 saturated heterocycles. The molecule has 0 saturated carbocycles. The Hall–Kier alpha value is -2.68. The molecule has 6 nitrogen and oxygen atoms in total. The quantitative estimate of drug-likeness (QED) is 0.833. The first-order valence-corrected chi connectivity index (χ1v) is 8.20. The van der Waals surface area contributed by atoms with Crippen LogP contribution in [0, 0.1) is 0 Å². The van der Waals surface area contributed by atoms with Crippen molar-refractivity contribution in [3.05, 3.63) is 48.5 Å². The van der Waals surface area contributed by atoms with Crippen LogP contribution in [0.2, 0.25) is 0 Å². The standard InChI is InChI=1S/C15H14F2N2O4S/c1-10(20)18-11-6-8-12(9-7-11)24(21,22)19-13-4-2-3-5-14(13)23-15(16)17/h2-9,15,19H,1H3,(H,18,20). The fourth-order valence-corrected chi connectivity index (χ4v) is 2.94. The number of carbonyl (C=O) groups is 1. The average Bonchev–Trinajstić information content (AvgIpc) is 2.48. The first kappa shape index (κ1) is 17.7. The molecule has 0 fully saturated rings. The molecule has 2 aromatic carbocycles. The Kier molecular flexibility index (Phi) is 5.35. The summed E-state index contributed by atoms with van der Waals surface area (Å²) >= 11 is 0. The highest BCUT2D eigenvalue weighted by Gasteiger charge is 2.18. The van der Waals surface area contributed by atoms with Gasteiger partial charge in [-0.05, 0) is 36.4 Å². The van der Waals surface area contributed by atoms with E-state index >= 15 is 0 Å². The minimum atomic E-state index is -4.00. The average molecular weight is 356 g/mol. The van der Waals surface area contributed by atoms with E-state index in [-0.39, 0.29) is 22.2 Å². The monoisotopic (exact) mass is 356 g/mol. The molecule has 0 unspecified atom stereocenters. The number of benzene rings is 2. The molecule has 0 aromatic heterocycles. The van der Waals surface area contributed by atoms with E-state index in [1.807, 2.05) is 0 Å². The molecule has 9 heteroatoms. The van der Waals surface area contributed by atoms with Crippen molar-refractivity contribution in [2.75, 3.05) is 10.0 Å². The van der Waals surface area contributed by atoms with Crippen molar-refractivity contribution in [1.29, 1.82) is 0 Å². The second-order valence-electron chi connectivity index (χ2n) is 4.69. The van der Waals surface area contributed by atoms with Gasteiger partial charge in [0.2, 0.25) is 5.91 Å². The van der Waals surface area contributed by atoms with Gasteiger partial charge in [0, 0.05) is 12.6 Å². The number of rotatable bonds is 6. The summed E-state index contributed by atoms with van der Waals surface area (Å²) in [5, 5.41) is 2.51. The Bertz CT molecular complexity index is 824. The highest BCUT2D eigenvalue weighted by atomic mass is 32.2. The lowest BCUT2D eigenvalue weighted by Gasteiger charge is -2.13. The van der Waals surface area contributed by atoms with Crippen LogP contribution in [0.5, 0.6) is 5.75 Å². The number of sulfonamides is 1. The Morgan fingerprint density at radius 2 is 1.71 bits per heavy atom. The smallest absolute Gasteiger partial charge is 0.387 e. The summed E-state index contributed by atoms with van der Waals surface area (Å²) in [7, 11) is -4.00. The molecule has 128 valence electrons. The largest absolute Gasteiger partial charge is 0.433 e. The summed E-state index contributed by atoms with van der Waals surface area (Å²) < 4.78 is 55.9. The molecule has 2 rings (SSSR count). The molecular weight excluding hydrogens is 342 g/mol. The maximum absolute atomic E-state index is 12.4. The second kappa shape index (κ2) is 7.26. The van der Waals surface area contributed by atoms with Gasteiger partial charge in [-0.3, -0.25) is 9.52 Å². The van der Waals surface area contributed by atoms with Crippen molar-refractivity contribution < 1.29 is 26.7 Å². The van der Waals surface area contributed by atoms with Crippen LogP contribution in [0.3, 0.4) is 0 Å². The molecule has 0 aliphatic rings. The maximum atomic E-state index is 12.4. The van der Waals surface area contributed by atoms with Crippen LogP contribution in [0.15, 0.2) is 53.4 Å². The Morgan fingerprint density at radius 1 is 1.08 bits per heavy atom. The molecule has 0 atom stereocenters. The summed E-state index contributed by atoms with van der Waals surface area (Å²) in [5.41, 5.74) is 0.326. The molecular formula is C15H14F2N2O4S. The van der Waals surface area contributed by atoms with E-state index in [1.165, 1.54) is 55.5 Å². The molecule has 2 N–H and O–H groups in total. The minimum Gasteiger partial charge on any atom is -0.433 e. The van der Waals surface area contributed by atoms with Crippen molar-refractivity contribution in [3.8, 4) is 5.75 Å². The van der Waals surface area contributed by atoms with Crippen LogP contribution in [-0.4, -0.2) is 20.9 Å². The molecule has 1 amide bonds. The number of ether oxygens (including phenoxy) is 1. The van der Waals surface area contributed by atoms with Gasteiger partial charge in [0.1, 0.15) is 5.75 Å². The van der Waals surface area contributed by atoms with Crippen LogP contribution in [0.4, 0.5) is 20.2 Å². The summed E-state index contributed by atoms with van der Waals surface area (Å²) in [4.78, 5) is 10.9. The Balaban J connectivity index is 2.24. The van der Waals surface area contributed by atoms with E-state index in [1.54, 1.807) is 0 Å². The first-order valence-electron chi connectivity index (χ1n) is 6.72. The molecule has 0 heterocycles. The number of hydrogen-bond acceptors (Lipinski definition) is 4. The second-order valence-corrected chi connectivity index (χ2v) is 6.37. The highest BCUT2D eigenvalue weighted by molar-refractivity contribution is 7.92. The zero-order valence-electron chi connectivity index (χ0n) is 12.5. The van der Waals surface area contributed by atoms with E-state index in [9.17, 15) is 22.0 Å². The van der Waals surface area contributed by atoms with Gasteiger partial charge < -0.3 is 10.1 Å². The van der Waals surface area contributed by atoms with Crippen molar-refractivity contribution in [3.63, 3.8) is 0 Å². The molecule has 0 radical (unpaired) electrons. The van der Waals surface area contributed by atoms with Gasteiger partial charge in [0.25, 0.3) is 10.0 Å². The zero-order chi connectivity index (χ0) is 17.7. The van der Waals surface area contributed by atoms with Crippen molar-refractivity contribution in [2.45, 2.75) is 18.4 Å². The predicted molar refractivity (Wildman–Crippen MR) is 84.6 cm³/mol. The minimum absolute atomic E-state index is 0.0940. The lowest BCUT2D eigenvalue weighted by atomic mass is 10.3. The topological polar surface area (TPSA) is 84.5 Å². The fourth-order valence-electron chi connectivity index (χ4n) is 1.87. The summed E-state index contributed by atoms with van der Waals surface area (Å²) in [6.07, 6.45) is 0. The van der Waals surface area contributed by atoms with Crippen LogP contribution in [0.1, 0.15) is 6.92 Å². The molecule has 0 bridgehead atoms. The predicted octanol–water partition coefficient (Wildman–Crippen LogP) is 3.05. The SMILES string of the molecule is CC(=O)Nc1ccc(S(=O)(=O)Nc2ccccc2OC(F)F)cc1. The summed E-state index contributed by atoms with van der Waals surface area (Å²) in [6.45, 7) is -1.75. The molecule has 24 heavy (non-hydrogen) atoms.